The molecule has 1 aliphatic heterocycles. The van der Waals surface area contributed by atoms with Crippen molar-refractivity contribution >= 4 is 0 Å². The molecule has 1 N–H and O–H groups in total. The highest BCUT2D eigenvalue weighted by Gasteiger charge is 2.31. The minimum Gasteiger partial charge on any atom is -0.493 e. The van der Waals surface area contributed by atoms with Crippen LogP contribution in [0.3, 0.4) is 0 Å². The van der Waals surface area contributed by atoms with Gasteiger partial charge in [-0.1, -0.05) is 12.1 Å². The fraction of sp³-hybridized carbons (Fsp3) is 0.455. The standard InChI is InChI=1S/C22H27F3N2O2/c1-27(2)11-4-12-29-20-14-18-16(13-19(20)28-3)9-10-26-21(18)15-5-7-17(8-6-15)22(23,24)25/h5-8,13-14,21,26H,4,9-12H2,1-3H3. The third-order valence-electron chi connectivity index (χ3n) is 5.06. The van der Waals surface area contributed by atoms with Crippen molar-refractivity contribution in [1.29, 1.82) is 0 Å². The molecule has 3 rings (SSSR count). The molecule has 0 fully saturated rings. The quantitative estimate of drug-likeness (QED) is 0.694. The largest absolute Gasteiger partial charge is 0.493 e. The average Bonchev–Trinajstić information content (AvgIpc) is 2.69. The zero-order valence-electron chi connectivity index (χ0n) is 17.0. The lowest BCUT2D eigenvalue weighted by Crippen LogP contribution is -2.30. The van der Waals surface area contributed by atoms with E-state index in [9.17, 15) is 13.2 Å². The molecule has 0 saturated carbocycles. The Balaban J connectivity index is 1.86. The number of nitrogens with zero attached hydrogens (tertiary/aromatic N) is 1. The van der Waals surface area contributed by atoms with Crippen LogP contribution in [0.1, 0.15) is 34.7 Å². The number of benzene rings is 2. The van der Waals surface area contributed by atoms with E-state index in [-0.39, 0.29) is 6.04 Å². The fourth-order valence-corrected chi connectivity index (χ4v) is 3.56. The summed E-state index contributed by atoms with van der Waals surface area (Å²) in [5.74, 6) is 1.34. The molecule has 1 unspecified atom stereocenters. The molecule has 2 aromatic rings. The first kappa shape index (κ1) is 21.5. The van der Waals surface area contributed by atoms with Gasteiger partial charge in [-0.2, -0.15) is 13.2 Å². The van der Waals surface area contributed by atoms with Gasteiger partial charge >= 0.3 is 6.18 Å². The van der Waals surface area contributed by atoms with E-state index in [1.54, 1.807) is 7.11 Å². The van der Waals surface area contributed by atoms with Crippen molar-refractivity contribution in [2.75, 3.05) is 40.9 Å². The van der Waals surface area contributed by atoms with Crippen molar-refractivity contribution < 1.29 is 22.6 Å². The van der Waals surface area contributed by atoms with Gasteiger partial charge in [0.15, 0.2) is 11.5 Å². The first-order valence-corrected chi connectivity index (χ1v) is 9.68. The monoisotopic (exact) mass is 408 g/mol. The molecule has 0 aromatic heterocycles. The Morgan fingerprint density at radius 2 is 1.83 bits per heavy atom. The van der Waals surface area contributed by atoms with Crippen LogP contribution in [0.2, 0.25) is 0 Å². The highest BCUT2D eigenvalue weighted by Crippen LogP contribution is 2.38. The van der Waals surface area contributed by atoms with E-state index in [1.165, 1.54) is 12.1 Å². The van der Waals surface area contributed by atoms with Gasteiger partial charge in [0.1, 0.15) is 0 Å². The molecule has 0 radical (unpaired) electrons. The predicted octanol–water partition coefficient (Wildman–Crippen LogP) is 4.28. The Hall–Kier alpha value is -2.25. The maximum absolute atomic E-state index is 12.9. The summed E-state index contributed by atoms with van der Waals surface area (Å²) in [6.45, 7) is 2.22. The summed E-state index contributed by atoms with van der Waals surface area (Å²) in [6.07, 6.45) is -2.63. The Labute approximate surface area is 169 Å². The van der Waals surface area contributed by atoms with Crippen molar-refractivity contribution in [2.24, 2.45) is 0 Å². The van der Waals surface area contributed by atoms with Crippen LogP contribution in [0.15, 0.2) is 36.4 Å². The van der Waals surface area contributed by atoms with Crippen LogP contribution in [0.4, 0.5) is 13.2 Å². The number of methoxy groups -OCH3 is 1. The maximum atomic E-state index is 12.9. The molecule has 0 amide bonds. The topological polar surface area (TPSA) is 33.7 Å². The second kappa shape index (κ2) is 9.05. The normalized spacial score (nSPS) is 16.6. The second-order valence-electron chi connectivity index (χ2n) is 7.46. The smallest absolute Gasteiger partial charge is 0.416 e. The van der Waals surface area contributed by atoms with Crippen LogP contribution in [-0.2, 0) is 12.6 Å². The summed E-state index contributed by atoms with van der Waals surface area (Å²) in [6, 6.07) is 9.10. The van der Waals surface area contributed by atoms with Crippen molar-refractivity contribution in [3.63, 3.8) is 0 Å². The highest BCUT2D eigenvalue weighted by atomic mass is 19.4. The molecular weight excluding hydrogens is 381 g/mol. The molecule has 1 aliphatic rings. The van der Waals surface area contributed by atoms with Crippen molar-refractivity contribution in [1.82, 2.24) is 10.2 Å². The predicted molar refractivity (Wildman–Crippen MR) is 107 cm³/mol. The number of halogens is 3. The number of hydrogen-bond acceptors (Lipinski definition) is 4. The number of hydrogen-bond donors (Lipinski definition) is 1. The Morgan fingerprint density at radius 3 is 2.45 bits per heavy atom. The summed E-state index contributed by atoms with van der Waals surface area (Å²) >= 11 is 0. The molecule has 0 aliphatic carbocycles. The molecule has 2 aromatic carbocycles. The van der Waals surface area contributed by atoms with Crippen LogP contribution in [0.5, 0.6) is 11.5 Å². The van der Waals surface area contributed by atoms with E-state index in [4.69, 9.17) is 9.47 Å². The van der Waals surface area contributed by atoms with Gasteiger partial charge < -0.3 is 19.7 Å². The van der Waals surface area contributed by atoms with E-state index in [1.807, 2.05) is 26.2 Å². The molecular formula is C22H27F3N2O2. The molecule has 0 saturated heterocycles. The van der Waals surface area contributed by atoms with Crippen molar-refractivity contribution in [3.05, 3.63) is 58.7 Å². The van der Waals surface area contributed by atoms with Gasteiger partial charge in [-0.3, -0.25) is 0 Å². The molecule has 0 bridgehead atoms. The third kappa shape index (κ3) is 5.22. The van der Waals surface area contributed by atoms with E-state index in [0.29, 0.717) is 18.1 Å². The Morgan fingerprint density at radius 1 is 1.10 bits per heavy atom. The summed E-state index contributed by atoms with van der Waals surface area (Å²) in [5.41, 5.74) is 2.28. The fourth-order valence-electron chi connectivity index (χ4n) is 3.56. The summed E-state index contributed by atoms with van der Waals surface area (Å²) in [4.78, 5) is 2.10. The summed E-state index contributed by atoms with van der Waals surface area (Å²) in [7, 11) is 5.64. The van der Waals surface area contributed by atoms with Gasteiger partial charge in [0, 0.05) is 13.1 Å². The van der Waals surface area contributed by atoms with Crippen molar-refractivity contribution in [2.45, 2.75) is 25.1 Å². The van der Waals surface area contributed by atoms with Gasteiger partial charge in [-0.15, -0.1) is 0 Å². The van der Waals surface area contributed by atoms with Gasteiger partial charge in [0.25, 0.3) is 0 Å². The van der Waals surface area contributed by atoms with Crippen LogP contribution >= 0.6 is 0 Å². The summed E-state index contributed by atoms with van der Waals surface area (Å²) < 4.78 is 50.1. The summed E-state index contributed by atoms with van der Waals surface area (Å²) in [5, 5.41) is 3.41. The van der Waals surface area contributed by atoms with E-state index in [2.05, 4.69) is 10.2 Å². The van der Waals surface area contributed by atoms with Gasteiger partial charge in [0.05, 0.1) is 25.3 Å². The number of fused-ring (bicyclic) bond motifs is 1. The van der Waals surface area contributed by atoms with Crippen molar-refractivity contribution in [3.8, 4) is 11.5 Å². The molecule has 7 heteroatoms. The van der Waals surface area contributed by atoms with Crippen LogP contribution in [-0.4, -0.2) is 45.8 Å². The van der Waals surface area contributed by atoms with Gasteiger partial charge in [-0.05, 0) is 67.9 Å². The van der Waals surface area contributed by atoms with Gasteiger partial charge in [-0.25, -0.2) is 0 Å². The molecule has 1 heterocycles. The van der Waals surface area contributed by atoms with Gasteiger partial charge in [0.2, 0.25) is 0 Å². The third-order valence-corrected chi connectivity index (χ3v) is 5.06. The lowest BCUT2D eigenvalue weighted by atomic mass is 9.89. The lowest BCUT2D eigenvalue weighted by Gasteiger charge is -2.29. The SMILES string of the molecule is COc1cc2c(cc1OCCCN(C)C)C(c1ccc(C(F)(F)F)cc1)NCC2. The number of nitrogens with one attached hydrogen (secondary N) is 1. The Kier molecular flexibility index (Phi) is 6.70. The average molecular weight is 408 g/mol. The zero-order valence-corrected chi connectivity index (χ0v) is 17.0. The molecule has 4 nitrogen and oxygen atoms in total. The second-order valence-corrected chi connectivity index (χ2v) is 7.46. The molecule has 1 atom stereocenters. The first-order chi connectivity index (χ1) is 13.8. The number of ether oxygens (including phenoxy) is 2. The number of alkyl halides is 3. The minimum absolute atomic E-state index is 0.184. The van der Waals surface area contributed by atoms with E-state index < -0.39 is 11.7 Å². The maximum Gasteiger partial charge on any atom is 0.416 e. The molecule has 158 valence electrons. The minimum atomic E-state index is -4.34. The highest BCUT2D eigenvalue weighted by molar-refractivity contribution is 5.51. The lowest BCUT2D eigenvalue weighted by molar-refractivity contribution is -0.137. The van der Waals surface area contributed by atoms with Crippen LogP contribution in [0.25, 0.3) is 0 Å². The molecule has 29 heavy (non-hydrogen) atoms. The first-order valence-electron chi connectivity index (χ1n) is 9.68. The molecule has 0 spiro atoms. The van der Waals surface area contributed by atoms with E-state index >= 15 is 0 Å². The Bertz CT molecular complexity index is 820. The van der Waals surface area contributed by atoms with Crippen LogP contribution < -0.4 is 14.8 Å². The van der Waals surface area contributed by atoms with Crippen LogP contribution in [0, 0.1) is 0 Å². The van der Waals surface area contributed by atoms with E-state index in [0.717, 1.165) is 54.8 Å². The number of rotatable bonds is 7. The zero-order chi connectivity index (χ0) is 21.0.